The first kappa shape index (κ1) is 18.0. The number of benzene rings is 1. The molecule has 0 saturated heterocycles. The van der Waals surface area contributed by atoms with Crippen LogP contribution in [0.2, 0.25) is 0 Å². The second-order valence-electron chi connectivity index (χ2n) is 6.51. The molecule has 0 atom stereocenters. The smallest absolute Gasteiger partial charge is 0.406 e. The predicted molar refractivity (Wildman–Crippen MR) is 100 cm³/mol. The van der Waals surface area contributed by atoms with Gasteiger partial charge in [-0.2, -0.15) is 0 Å². The van der Waals surface area contributed by atoms with Crippen molar-refractivity contribution in [3.05, 3.63) is 72.3 Å². The fourth-order valence-corrected chi connectivity index (χ4v) is 3.09. The molecule has 7 heteroatoms. The van der Waals surface area contributed by atoms with Crippen LogP contribution >= 0.6 is 0 Å². The maximum absolute atomic E-state index is 12.4. The molecule has 3 heterocycles. The number of pyridine rings is 2. The molecular formula is C21H16F3N3O. The third-order valence-electron chi connectivity index (χ3n) is 4.42. The van der Waals surface area contributed by atoms with E-state index in [-0.39, 0.29) is 5.75 Å². The summed E-state index contributed by atoms with van der Waals surface area (Å²) in [5.74, 6) is -0.257. The highest BCUT2D eigenvalue weighted by atomic mass is 19.4. The fourth-order valence-electron chi connectivity index (χ4n) is 3.09. The van der Waals surface area contributed by atoms with Crippen LogP contribution in [0.1, 0.15) is 11.3 Å². The van der Waals surface area contributed by atoms with Gasteiger partial charge in [0.25, 0.3) is 0 Å². The van der Waals surface area contributed by atoms with E-state index in [9.17, 15) is 13.2 Å². The number of ether oxygens (including phenoxy) is 1. The van der Waals surface area contributed by atoms with E-state index in [1.165, 1.54) is 12.1 Å². The Morgan fingerprint density at radius 3 is 2.21 bits per heavy atom. The quantitative estimate of drug-likeness (QED) is 0.464. The minimum absolute atomic E-state index is 0.257. The van der Waals surface area contributed by atoms with Gasteiger partial charge in [0, 0.05) is 34.8 Å². The van der Waals surface area contributed by atoms with Gasteiger partial charge in [0.1, 0.15) is 11.4 Å². The van der Waals surface area contributed by atoms with Gasteiger partial charge < -0.3 is 4.74 Å². The van der Waals surface area contributed by atoms with E-state index >= 15 is 0 Å². The van der Waals surface area contributed by atoms with Gasteiger partial charge >= 0.3 is 6.36 Å². The number of hydrogen-bond acceptors (Lipinski definition) is 3. The summed E-state index contributed by atoms with van der Waals surface area (Å²) < 4.78 is 42.9. The van der Waals surface area contributed by atoms with E-state index in [4.69, 9.17) is 0 Å². The average molecular weight is 383 g/mol. The first-order valence-electron chi connectivity index (χ1n) is 8.57. The molecule has 4 rings (SSSR count). The maximum atomic E-state index is 12.4. The van der Waals surface area contributed by atoms with E-state index in [0.29, 0.717) is 0 Å². The van der Waals surface area contributed by atoms with Crippen LogP contribution in [0.3, 0.4) is 0 Å². The van der Waals surface area contributed by atoms with Crippen LogP contribution in [0.4, 0.5) is 13.2 Å². The third-order valence-corrected chi connectivity index (χ3v) is 4.42. The molecule has 0 N–H and O–H groups in total. The minimum Gasteiger partial charge on any atom is -0.406 e. The summed E-state index contributed by atoms with van der Waals surface area (Å²) in [6.07, 6.45) is 0.769. The molecule has 0 unspecified atom stereocenters. The summed E-state index contributed by atoms with van der Waals surface area (Å²) in [6, 6.07) is 11.7. The fraction of sp³-hybridized carbons (Fsp3) is 0.143. The molecule has 0 aliphatic heterocycles. The molecule has 28 heavy (non-hydrogen) atoms. The Morgan fingerprint density at radius 2 is 1.57 bits per heavy atom. The number of imidazole rings is 1. The number of aryl methyl sites for hydroxylation is 2. The highest BCUT2D eigenvalue weighted by Gasteiger charge is 2.31. The Kier molecular flexibility index (Phi) is 4.30. The average Bonchev–Trinajstić information content (AvgIpc) is 3.06. The van der Waals surface area contributed by atoms with Crippen LogP contribution in [0, 0.1) is 13.8 Å². The van der Waals surface area contributed by atoms with E-state index < -0.39 is 6.36 Å². The zero-order valence-corrected chi connectivity index (χ0v) is 15.2. The van der Waals surface area contributed by atoms with Crippen LogP contribution < -0.4 is 4.74 Å². The van der Waals surface area contributed by atoms with Gasteiger partial charge in [-0.1, -0.05) is 6.07 Å². The Balaban J connectivity index is 1.77. The second-order valence-corrected chi connectivity index (χ2v) is 6.51. The van der Waals surface area contributed by atoms with Gasteiger partial charge in [0.05, 0.1) is 11.9 Å². The lowest BCUT2D eigenvalue weighted by Crippen LogP contribution is -2.16. The number of rotatable bonds is 3. The molecule has 3 aromatic heterocycles. The Bertz CT molecular complexity index is 1130. The molecule has 0 aliphatic rings. The van der Waals surface area contributed by atoms with Crippen molar-refractivity contribution in [3.8, 4) is 28.1 Å². The number of alkyl halides is 3. The summed E-state index contributed by atoms with van der Waals surface area (Å²) in [4.78, 5) is 8.80. The van der Waals surface area contributed by atoms with Crippen molar-refractivity contribution in [2.24, 2.45) is 0 Å². The molecule has 0 fully saturated rings. The molecule has 142 valence electrons. The topological polar surface area (TPSA) is 39.4 Å². The highest BCUT2D eigenvalue weighted by Crippen LogP contribution is 2.29. The molecule has 0 saturated carbocycles. The van der Waals surface area contributed by atoms with Gasteiger partial charge in [-0.05, 0) is 55.8 Å². The van der Waals surface area contributed by atoms with Crippen molar-refractivity contribution in [1.29, 1.82) is 0 Å². The lowest BCUT2D eigenvalue weighted by atomic mass is 10.1. The molecule has 0 radical (unpaired) electrons. The number of nitrogens with zero attached hydrogens (tertiary/aromatic N) is 3. The number of fused-ring (bicyclic) bond motifs is 1. The van der Waals surface area contributed by atoms with Crippen molar-refractivity contribution in [3.63, 3.8) is 0 Å². The molecule has 0 aliphatic carbocycles. The van der Waals surface area contributed by atoms with Gasteiger partial charge in [-0.25, -0.2) is 4.98 Å². The van der Waals surface area contributed by atoms with Crippen LogP contribution in [0.5, 0.6) is 5.75 Å². The zero-order valence-electron chi connectivity index (χ0n) is 15.2. The van der Waals surface area contributed by atoms with Gasteiger partial charge in [-0.3, -0.25) is 9.38 Å². The SMILES string of the molecule is Cc1ccc(-c2cc(C)c3ncc(-c4ccc(OC(F)(F)F)cc4)n3c2)cn1. The Morgan fingerprint density at radius 1 is 0.857 bits per heavy atom. The van der Waals surface area contributed by atoms with E-state index in [2.05, 4.69) is 14.7 Å². The Labute approximate surface area is 159 Å². The van der Waals surface area contributed by atoms with Gasteiger partial charge in [-0.15, -0.1) is 13.2 Å². The van der Waals surface area contributed by atoms with Crippen molar-refractivity contribution < 1.29 is 17.9 Å². The molecule has 0 spiro atoms. The number of halogens is 3. The molecule has 0 bridgehead atoms. The molecule has 4 nitrogen and oxygen atoms in total. The van der Waals surface area contributed by atoms with Gasteiger partial charge in [0.15, 0.2) is 0 Å². The monoisotopic (exact) mass is 383 g/mol. The Hall–Kier alpha value is -3.35. The first-order chi connectivity index (χ1) is 13.3. The van der Waals surface area contributed by atoms with Crippen LogP contribution in [0.15, 0.2) is 61.1 Å². The van der Waals surface area contributed by atoms with E-state index in [1.807, 2.05) is 48.8 Å². The summed E-state index contributed by atoms with van der Waals surface area (Å²) in [7, 11) is 0. The summed E-state index contributed by atoms with van der Waals surface area (Å²) in [5.41, 5.74) is 6.18. The van der Waals surface area contributed by atoms with E-state index in [1.54, 1.807) is 18.3 Å². The second kappa shape index (κ2) is 6.67. The van der Waals surface area contributed by atoms with Crippen LogP contribution in [0.25, 0.3) is 28.0 Å². The van der Waals surface area contributed by atoms with Crippen molar-refractivity contribution in [2.45, 2.75) is 20.2 Å². The zero-order chi connectivity index (χ0) is 19.9. The summed E-state index contributed by atoms with van der Waals surface area (Å²) in [6.45, 7) is 3.90. The van der Waals surface area contributed by atoms with Crippen molar-refractivity contribution in [1.82, 2.24) is 14.4 Å². The van der Waals surface area contributed by atoms with Crippen molar-refractivity contribution >= 4 is 5.65 Å². The molecule has 1 aromatic carbocycles. The third kappa shape index (κ3) is 3.55. The molecule has 0 amide bonds. The standard InChI is InChI=1S/C21H16F3N3O/c1-13-9-17(16-4-3-14(2)25-10-16)12-27-19(11-26-20(13)27)15-5-7-18(8-6-15)28-21(22,23)24/h3-12H,1-2H3. The largest absolute Gasteiger partial charge is 0.573 e. The summed E-state index contributed by atoms with van der Waals surface area (Å²) in [5, 5.41) is 0. The molecule has 4 aromatic rings. The first-order valence-corrected chi connectivity index (χ1v) is 8.57. The van der Waals surface area contributed by atoms with Gasteiger partial charge in [0.2, 0.25) is 0 Å². The summed E-state index contributed by atoms with van der Waals surface area (Å²) >= 11 is 0. The molecular weight excluding hydrogens is 367 g/mol. The predicted octanol–water partition coefficient (Wildman–Crippen LogP) is 5.58. The highest BCUT2D eigenvalue weighted by molar-refractivity contribution is 5.71. The van der Waals surface area contributed by atoms with Crippen molar-refractivity contribution in [2.75, 3.05) is 0 Å². The number of aromatic nitrogens is 3. The van der Waals surface area contributed by atoms with E-state index in [0.717, 1.165) is 39.3 Å². The normalized spacial score (nSPS) is 11.8. The lowest BCUT2D eigenvalue weighted by Gasteiger charge is -2.10. The maximum Gasteiger partial charge on any atom is 0.573 e. The number of hydrogen-bond donors (Lipinski definition) is 0. The van der Waals surface area contributed by atoms with Crippen LogP contribution in [-0.2, 0) is 0 Å². The lowest BCUT2D eigenvalue weighted by molar-refractivity contribution is -0.274. The minimum atomic E-state index is -4.71. The van der Waals surface area contributed by atoms with Crippen LogP contribution in [-0.4, -0.2) is 20.7 Å².